The van der Waals surface area contributed by atoms with Crippen LogP contribution >= 0.6 is 11.8 Å². The maximum atomic E-state index is 3.79. The van der Waals surface area contributed by atoms with E-state index in [1.807, 2.05) is 6.26 Å². The first-order valence-electron chi connectivity index (χ1n) is 2.08. The zero-order valence-corrected chi connectivity index (χ0v) is 5.20. The maximum Gasteiger partial charge on any atom is 0.188 e. The summed E-state index contributed by atoms with van der Waals surface area (Å²) in [6, 6.07) is 1.56. The second-order valence-electron chi connectivity index (χ2n) is 1.11. The first-order valence-corrected chi connectivity index (χ1v) is 3.31. The summed E-state index contributed by atoms with van der Waals surface area (Å²) in [5.41, 5.74) is 0. The molecule has 40 valence electrons. The van der Waals surface area contributed by atoms with Gasteiger partial charge in [0.05, 0.1) is 12.4 Å². The molecule has 0 saturated carbocycles. The molecule has 1 aromatic heterocycles. The lowest BCUT2D eigenvalue weighted by Gasteiger charge is -1.85. The second-order valence-corrected chi connectivity index (χ2v) is 1.89. The van der Waals surface area contributed by atoms with E-state index in [4.69, 9.17) is 0 Å². The molecule has 0 saturated heterocycles. The lowest BCUT2D eigenvalue weighted by molar-refractivity contribution is 0.958. The zero-order chi connectivity index (χ0) is 5.82. The molecule has 1 aromatic rings. The second kappa shape index (κ2) is 2.67. The first kappa shape index (κ1) is 5.56. The summed E-state index contributed by atoms with van der Waals surface area (Å²) in [4.78, 5) is 7.59. The molecule has 0 atom stereocenters. The number of nitrogens with zero attached hydrogens (tertiary/aromatic N) is 2. The van der Waals surface area contributed by atoms with Crippen LogP contribution in [0.1, 0.15) is 0 Å². The van der Waals surface area contributed by atoms with Crippen molar-refractivity contribution in [1.29, 1.82) is 0 Å². The average molecular weight is 124 g/mol. The Labute approximate surface area is 52.4 Å². The van der Waals surface area contributed by atoms with Crippen LogP contribution in [0.3, 0.4) is 0 Å². The first-order chi connectivity index (χ1) is 3.93. The highest BCUT2D eigenvalue weighted by molar-refractivity contribution is 7.98. The Bertz CT molecular complexity index is 152. The highest BCUT2D eigenvalue weighted by Crippen LogP contribution is 2.02. The van der Waals surface area contributed by atoms with Crippen LogP contribution in [0, 0.1) is 12.4 Å². The van der Waals surface area contributed by atoms with E-state index in [2.05, 4.69) is 22.4 Å². The quantitative estimate of drug-likeness (QED) is 0.409. The van der Waals surface area contributed by atoms with Gasteiger partial charge in [-0.25, -0.2) is 9.97 Å². The molecular formula is C5H4N2S. The summed E-state index contributed by atoms with van der Waals surface area (Å²) >= 11 is 1.48. The molecule has 0 aliphatic rings. The molecule has 0 unspecified atom stereocenters. The zero-order valence-electron chi connectivity index (χ0n) is 4.38. The molecule has 1 rings (SSSR count). The fourth-order valence-corrected chi connectivity index (χ4v) is 0.608. The number of thioether (sulfide) groups is 1. The largest absolute Gasteiger partial charge is 0.221 e. The maximum absolute atomic E-state index is 3.79. The summed E-state index contributed by atoms with van der Waals surface area (Å²) in [6.07, 6.45) is 7.16. The van der Waals surface area contributed by atoms with Crippen LogP contribution in [-0.4, -0.2) is 16.2 Å². The predicted octanol–water partition coefficient (Wildman–Crippen LogP) is 0.799. The van der Waals surface area contributed by atoms with Crippen molar-refractivity contribution in [3.8, 4) is 0 Å². The molecule has 2 radical (unpaired) electrons. The van der Waals surface area contributed by atoms with Crippen molar-refractivity contribution in [3.05, 3.63) is 18.5 Å². The number of hydrogen-bond donors (Lipinski definition) is 0. The van der Waals surface area contributed by atoms with Gasteiger partial charge < -0.3 is 0 Å². The predicted molar refractivity (Wildman–Crippen MR) is 31.5 cm³/mol. The molecule has 0 aliphatic carbocycles. The van der Waals surface area contributed by atoms with E-state index in [0.717, 1.165) is 0 Å². The topological polar surface area (TPSA) is 25.8 Å². The molecule has 0 aromatic carbocycles. The van der Waals surface area contributed by atoms with Crippen molar-refractivity contribution in [1.82, 2.24) is 9.97 Å². The van der Waals surface area contributed by atoms with Crippen LogP contribution < -0.4 is 0 Å². The molecule has 0 bridgehead atoms. The van der Waals surface area contributed by atoms with E-state index in [9.17, 15) is 0 Å². The van der Waals surface area contributed by atoms with Crippen LogP contribution in [0.5, 0.6) is 0 Å². The minimum Gasteiger partial charge on any atom is -0.221 e. The van der Waals surface area contributed by atoms with Crippen molar-refractivity contribution in [2.45, 2.75) is 5.16 Å². The molecule has 1 heterocycles. The summed E-state index contributed by atoms with van der Waals surface area (Å²) < 4.78 is 0. The lowest BCUT2D eigenvalue weighted by atomic mass is 10.7. The molecule has 8 heavy (non-hydrogen) atoms. The highest BCUT2D eigenvalue weighted by atomic mass is 32.2. The summed E-state index contributed by atoms with van der Waals surface area (Å²) in [5.74, 6) is 0. The third kappa shape index (κ3) is 1.20. The molecule has 0 fully saturated rings. The molecular weight excluding hydrogens is 120 g/mol. The third-order valence-electron chi connectivity index (χ3n) is 0.632. The van der Waals surface area contributed by atoms with Gasteiger partial charge in [0.25, 0.3) is 0 Å². The van der Waals surface area contributed by atoms with Crippen molar-refractivity contribution >= 4 is 11.8 Å². The highest BCUT2D eigenvalue weighted by Gasteiger charge is 1.85. The number of hydrogen-bond acceptors (Lipinski definition) is 3. The summed E-state index contributed by atoms with van der Waals surface area (Å²) in [7, 11) is 0. The van der Waals surface area contributed by atoms with Crippen LogP contribution in [0.4, 0.5) is 0 Å². The minimum absolute atomic E-state index is 0.715. The molecule has 3 heteroatoms. The van der Waals surface area contributed by atoms with E-state index in [-0.39, 0.29) is 0 Å². The van der Waals surface area contributed by atoms with E-state index >= 15 is 0 Å². The van der Waals surface area contributed by atoms with Gasteiger partial charge in [0, 0.05) is 0 Å². The monoisotopic (exact) mass is 124 g/mol. The van der Waals surface area contributed by atoms with Gasteiger partial charge in [-0.2, -0.15) is 0 Å². The van der Waals surface area contributed by atoms with Crippen LogP contribution in [0.25, 0.3) is 0 Å². The third-order valence-corrected chi connectivity index (χ3v) is 1.18. The Balaban J connectivity index is 2.83. The van der Waals surface area contributed by atoms with Gasteiger partial charge in [0.1, 0.15) is 0 Å². The Morgan fingerprint density at radius 1 is 1.50 bits per heavy atom. The number of rotatable bonds is 1. The van der Waals surface area contributed by atoms with Crippen molar-refractivity contribution in [2.75, 3.05) is 6.26 Å². The number of aromatic nitrogens is 2. The standard InChI is InChI=1S/C5H4N2S/c1-8-5-6-3-2-4-7-5/h2H,1H3. The van der Waals surface area contributed by atoms with Crippen molar-refractivity contribution < 1.29 is 0 Å². The van der Waals surface area contributed by atoms with Gasteiger partial charge in [-0.3, -0.25) is 0 Å². The van der Waals surface area contributed by atoms with E-state index < -0.39 is 0 Å². The molecule has 0 N–H and O–H groups in total. The van der Waals surface area contributed by atoms with Crippen molar-refractivity contribution in [2.24, 2.45) is 0 Å². The molecule has 0 spiro atoms. The minimum atomic E-state index is 0.715. The lowest BCUT2D eigenvalue weighted by Crippen LogP contribution is -1.80. The summed E-state index contributed by atoms with van der Waals surface area (Å²) in [5, 5.41) is 0.715. The van der Waals surface area contributed by atoms with Crippen LogP contribution in [-0.2, 0) is 0 Å². The average Bonchev–Trinajstić information content (AvgIpc) is 1.90. The van der Waals surface area contributed by atoms with Gasteiger partial charge in [-0.1, -0.05) is 11.8 Å². The normalized spacial score (nSPS) is 9.12. The van der Waals surface area contributed by atoms with Gasteiger partial charge in [0.15, 0.2) is 5.16 Å². The molecule has 0 aliphatic heterocycles. The Hall–Kier alpha value is -0.570. The van der Waals surface area contributed by atoms with Gasteiger partial charge in [0.2, 0.25) is 0 Å². The van der Waals surface area contributed by atoms with Gasteiger partial charge >= 0.3 is 0 Å². The molecule has 0 amide bonds. The Morgan fingerprint density at radius 3 is 2.50 bits per heavy atom. The summed E-state index contributed by atoms with van der Waals surface area (Å²) in [6.45, 7) is 0. The van der Waals surface area contributed by atoms with Gasteiger partial charge in [-0.05, 0) is 12.3 Å². The Morgan fingerprint density at radius 2 is 2.12 bits per heavy atom. The fraction of sp³-hybridized carbons (Fsp3) is 0.200. The van der Waals surface area contributed by atoms with Gasteiger partial charge in [-0.15, -0.1) is 0 Å². The van der Waals surface area contributed by atoms with Crippen LogP contribution in [0.15, 0.2) is 11.2 Å². The van der Waals surface area contributed by atoms with E-state index in [0.29, 0.717) is 5.16 Å². The van der Waals surface area contributed by atoms with Crippen molar-refractivity contribution in [3.63, 3.8) is 0 Å². The molecule has 2 nitrogen and oxygen atoms in total. The van der Waals surface area contributed by atoms with Crippen LogP contribution in [0.2, 0.25) is 0 Å². The van der Waals surface area contributed by atoms with E-state index in [1.54, 1.807) is 6.07 Å². The Kier molecular flexibility index (Phi) is 1.86. The SMILES string of the molecule is CSc1n[c]c[c]n1. The van der Waals surface area contributed by atoms with E-state index in [1.165, 1.54) is 11.8 Å². The smallest absolute Gasteiger partial charge is 0.188 e. The fourth-order valence-electron chi connectivity index (χ4n) is 0.320.